The number of dihydropyridines is 1. The molecular weight excluding hydrogens is 545 g/mol. The molecule has 0 spiro atoms. The van der Waals surface area contributed by atoms with Crippen LogP contribution in [0.3, 0.4) is 0 Å². The van der Waals surface area contributed by atoms with Crippen molar-refractivity contribution in [2.24, 2.45) is 0 Å². The third kappa shape index (κ3) is 6.23. The molecule has 0 saturated heterocycles. The lowest BCUT2D eigenvalue weighted by molar-refractivity contribution is -0.113. The number of halogens is 3. The minimum Gasteiger partial charge on any atom is -0.362 e. The van der Waals surface area contributed by atoms with E-state index >= 15 is 0 Å². The van der Waals surface area contributed by atoms with E-state index in [2.05, 4.69) is 32.8 Å². The molecule has 0 saturated carbocycles. The lowest BCUT2D eigenvalue weighted by Crippen LogP contribution is -2.35. The summed E-state index contributed by atoms with van der Waals surface area (Å²) in [6.07, 6.45) is 2.61. The minimum atomic E-state index is -0.800. The van der Waals surface area contributed by atoms with E-state index in [1.165, 1.54) is 0 Å². The van der Waals surface area contributed by atoms with E-state index in [-0.39, 0.29) is 17.0 Å². The van der Waals surface area contributed by atoms with Gasteiger partial charge >= 0.3 is 0 Å². The van der Waals surface area contributed by atoms with E-state index in [4.69, 9.17) is 34.8 Å². The van der Waals surface area contributed by atoms with Gasteiger partial charge in [0.1, 0.15) is 5.82 Å². The van der Waals surface area contributed by atoms with Crippen LogP contribution in [0.2, 0.25) is 15.2 Å². The Hall–Kier alpha value is -3.26. The van der Waals surface area contributed by atoms with Crippen molar-refractivity contribution in [3.8, 4) is 0 Å². The third-order valence-corrected chi connectivity index (χ3v) is 7.04. The fourth-order valence-corrected chi connectivity index (χ4v) is 4.93. The number of unbranched alkanes of at least 4 members (excludes halogenated alkanes) is 1. The van der Waals surface area contributed by atoms with Gasteiger partial charge in [0.05, 0.1) is 11.6 Å². The van der Waals surface area contributed by atoms with Gasteiger partial charge < -0.3 is 20.9 Å². The normalized spacial score (nSPS) is 13.9. The fourth-order valence-electron chi connectivity index (χ4n) is 4.42. The van der Waals surface area contributed by atoms with Gasteiger partial charge in [-0.3, -0.25) is 9.59 Å². The maximum Gasteiger partial charge on any atom is 0.254 e. The number of rotatable bonds is 8. The predicted octanol–water partition coefficient (Wildman–Crippen LogP) is 7.22. The smallest absolute Gasteiger partial charge is 0.254 e. The largest absolute Gasteiger partial charge is 0.362 e. The van der Waals surface area contributed by atoms with Crippen LogP contribution in [0.4, 0.5) is 11.4 Å². The number of hydrogen-bond donors (Lipinski definition) is 4. The SMILES string of the molecule is CCCCc1nc(Cl)c(C2C(C(=O)Nc3ccc(Cl)cc3)=C(C)NC(C)=C2C(=O)Nc2ccc(Cl)cc2)[nH]1. The Bertz CT molecular complexity index is 1330. The van der Waals surface area contributed by atoms with Crippen LogP contribution in [0.1, 0.15) is 51.0 Å². The molecule has 10 heteroatoms. The number of nitrogens with zero attached hydrogens (tertiary/aromatic N) is 1. The number of aromatic nitrogens is 2. The Balaban J connectivity index is 1.77. The number of hydrogen-bond acceptors (Lipinski definition) is 4. The summed E-state index contributed by atoms with van der Waals surface area (Å²) in [6.45, 7) is 5.68. The van der Waals surface area contributed by atoms with Gasteiger partial charge in [-0.1, -0.05) is 48.1 Å². The Kier molecular flexibility index (Phi) is 8.82. The molecule has 4 N–H and O–H groups in total. The number of aromatic amines is 1. The van der Waals surface area contributed by atoms with E-state index in [9.17, 15) is 9.59 Å². The average molecular weight is 573 g/mol. The minimum absolute atomic E-state index is 0.220. The van der Waals surface area contributed by atoms with Gasteiger partial charge in [0.15, 0.2) is 5.15 Å². The second-order valence-corrected chi connectivity index (χ2v) is 10.3. The maximum atomic E-state index is 13.7. The van der Waals surface area contributed by atoms with E-state index in [0.717, 1.165) is 12.8 Å². The summed E-state index contributed by atoms with van der Waals surface area (Å²) in [5.74, 6) is -0.860. The molecule has 1 aromatic heterocycles. The van der Waals surface area contributed by atoms with Crippen LogP contribution in [-0.2, 0) is 16.0 Å². The summed E-state index contributed by atoms with van der Waals surface area (Å²) in [5, 5.41) is 10.4. The summed E-state index contributed by atoms with van der Waals surface area (Å²) in [7, 11) is 0. The molecule has 0 bridgehead atoms. The van der Waals surface area contributed by atoms with Gasteiger partial charge in [0.25, 0.3) is 11.8 Å². The molecule has 4 rings (SSSR count). The Morgan fingerprint density at radius 3 is 1.76 bits per heavy atom. The highest BCUT2D eigenvalue weighted by Crippen LogP contribution is 2.41. The van der Waals surface area contributed by atoms with Crippen LogP contribution in [-0.4, -0.2) is 21.8 Å². The van der Waals surface area contributed by atoms with Crippen LogP contribution in [0, 0.1) is 0 Å². The number of amides is 2. The molecule has 2 aromatic carbocycles. The van der Waals surface area contributed by atoms with Crippen molar-refractivity contribution in [1.82, 2.24) is 15.3 Å². The monoisotopic (exact) mass is 571 g/mol. The van der Waals surface area contributed by atoms with Crippen molar-refractivity contribution >= 4 is 58.0 Å². The van der Waals surface area contributed by atoms with Crippen LogP contribution in [0.15, 0.2) is 71.1 Å². The molecule has 0 fully saturated rings. The summed E-state index contributed by atoms with van der Waals surface area (Å²) in [6, 6.07) is 13.6. The fraction of sp³-hybridized carbons (Fsp3) is 0.250. The first kappa shape index (κ1) is 27.8. The van der Waals surface area contributed by atoms with Gasteiger partial charge in [-0.15, -0.1) is 0 Å². The standard InChI is InChI=1S/C28H28Cl3N5O2/c1-4-5-6-21-35-25(26(31)36-21)24-22(27(37)33-19-11-7-17(29)8-12-19)15(2)32-16(3)23(24)28(38)34-20-13-9-18(30)10-14-20/h7-14,24,32H,4-6H2,1-3H3,(H,33,37)(H,34,38)(H,35,36). The van der Waals surface area contributed by atoms with E-state index in [1.807, 2.05) is 0 Å². The van der Waals surface area contributed by atoms with Gasteiger partial charge in [0, 0.05) is 50.4 Å². The van der Waals surface area contributed by atoms with Crippen LogP contribution in [0.5, 0.6) is 0 Å². The van der Waals surface area contributed by atoms with E-state index in [0.29, 0.717) is 61.9 Å². The molecule has 0 unspecified atom stereocenters. The molecule has 7 nitrogen and oxygen atoms in total. The van der Waals surface area contributed by atoms with Crippen molar-refractivity contribution in [3.05, 3.63) is 97.8 Å². The Morgan fingerprint density at radius 1 is 0.842 bits per heavy atom. The molecule has 3 aromatic rings. The lowest BCUT2D eigenvalue weighted by Gasteiger charge is -2.30. The highest BCUT2D eigenvalue weighted by molar-refractivity contribution is 6.31. The summed E-state index contributed by atoms with van der Waals surface area (Å²) in [5.41, 5.74) is 3.51. The predicted molar refractivity (Wildman–Crippen MR) is 154 cm³/mol. The number of nitrogens with one attached hydrogen (secondary N) is 4. The third-order valence-electron chi connectivity index (χ3n) is 6.24. The summed E-state index contributed by atoms with van der Waals surface area (Å²) < 4.78 is 0. The molecule has 0 aliphatic carbocycles. The lowest BCUT2D eigenvalue weighted by atomic mass is 9.82. The van der Waals surface area contributed by atoms with Crippen LogP contribution < -0.4 is 16.0 Å². The van der Waals surface area contributed by atoms with Crippen molar-refractivity contribution < 1.29 is 9.59 Å². The number of imidazole rings is 1. The zero-order chi connectivity index (χ0) is 27.4. The van der Waals surface area contributed by atoms with Crippen LogP contribution >= 0.6 is 34.8 Å². The molecule has 2 heterocycles. The van der Waals surface area contributed by atoms with Gasteiger partial charge in [-0.05, 0) is 68.8 Å². The van der Waals surface area contributed by atoms with Crippen molar-refractivity contribution in [3.63, 3.8) is 0 Å². The first-order valence-electron chi connectivity index (χ1n) is 12.2. The topological polar surface area (TPSA) is 98.9 Å². The highest BCUT2D eigenvalue weighted by atomic mass is 35.5. The molecule has 2 amide bonds. The Morgan fingerprint density at radius 2 is 1.32 bits per heavy atom. The molecule has 1 aliphatic rings. The van der Waals surface area contributed by atoms with Gasteiger partial charge in [-0.25, -0.2) is 4.98 Å². The first-order chi connectivity index (χ1) is 18.2. The van der Waals surface area contributed by atoms with Crippen molar-refractivity contribution in [2.75, 3.05) is 10.6 Å². The molecule has 38 heavy (non-hydrogen) atoms. The Labute approximate surface area is 236 Å². The van der Waals surface area contributed by atoms with Crippen molar-refractivity contribution in [2.45, 2.75) is 46.0 Å². The molecular formula is C28H28Cl3N5O2. The number of carbonyl (C=O) groups excluding carboxylic acids is 2. The average Bonchev–Trinajstić information content (AvgIpc) is 3.24. The van der Waals surface area contributed by atoms with Crippen molar-refractivity contribution in [1.29, 1.82) is 0 Å². The van der Waals surface area contributed by atoms with Gasteiger partial charge in [-0.2, -0.15) is 0 Å². The second-order valence-electron chi connectivity index (χ2n) is 9.05. The van der Waals surface area contributed by atoms with E-state index < -0.39 is 5.92 Å². The first-order valence-corrected chi connectivity index (χ1v) is 13.4. The van der Waals surface area contributed by atoms with Gasteiger partial charge in [0.2, 0.25) is 0 Å². The second kappa shape index (κ2) is 12.1. The van der Waals surface area contributed by atoms with Crippen LogP contribution in [0.25, 0.3) is 0 Å². The number of allylic oxidation sites excluding steroid dienone is 2. The number of H-pyrrole nitrogens is 1. The molecule has 1 aliphatic heterocycles. The zero-order valence-corrected chi connectivity index (χ0v) is 23.5. The maximum absolute atomic E-state index is 13.7. The zero-order valence-electron chi connectivity index (χ0n) is 21.2. The summed E-state index contributed by atoms with van der Waals surface area (Å²) >= 11 is 18.7. The number of carbonyl (C=O) groups is 2. The molecule has 0 radical (unpaired) electrons. The number of anilines is 2. The summed E-state index contributed by atoms with van der Waals surface area (Å²) in [4.78, 5) is 35.2. The molecule has 0 atom stereocenters. The van der Waals surface area contributed by atoms with E-state index in [1.54, 1.807) is 62.4 Å². The molecule has 198 valence electrons. The number of aryl methyl sites for hydroxylation is 1. The number of benzene rings is 2. The quantitative estimate of drug-likeness (QED) is 0.229. The highest BCUT2D eigenvalue weighted by Gasteiger charge is 2.39.